The van der Waals surface area contributed by atoms with Crippen molar-refractivity contribution in [2.24, 2.45) is 5.73 Å². The molecule has 24 heavy (non-hydrogen) atoms. The van der Waals surface area contributed by atoms with E-state index < -0.39 is 5.91 Å². The lowest BCUT2D eigenvalue weighted by molar-refractivity contribution is -0.114. The molecule has 2 rings (SSSR count). The Morgan fingerprint density at radius 2 is 1.92 bits per heavy atom. The SMILES string of the molecule is Cc1ccccc1N/C(SCc1ccc(Cl)cc1)=C(/C#N)C(N)=O. The van der Waals surface area contributed by atoms with Gasteiger partial charge in [-0.1, -0.05) is 41.9 Å². The van der Waals surface area contributed by atoms with Crippen LogP contribution in [0.2, 0.25) is 5.02 Å². The average Bonchev–Trinajstić information content (AvgIpc) is 2.56. The molecule has 4 nitrogen and oxygen atoms in total. The van der Waals surface area contributed by atoms with Gasteiger partial charge in [-0.15, -0.1) is 11.8 Å². The first-order valence-electron chi connectivity index (χ1n) is 7.15. The molecular formula is C18H16ClN3OS. The molecule has 0 fully saturated rings. The number of para-hydroxylation sites is 1. The summed E-state index contributed by atoms with van der Waals surface area (Å²) in [5.41, 5.74) is 8.10. The number of thioether (sulfide) groups is 1. The summed E-state index contributed by atoms with van der Waals surface area (Å²) < 4.78 is 0. The van der Waals surface area contributed by atoms with Crippen molar-refractivity contribution in [3.05, 3.63) is 75.3 Å². The maximum atomic E-state index is 11.6. The average molecular weight is 358 g/mol. The number of hydrogen-bond donors (Lipinski definition) is 2. The van der Waals surface area contributed by atoms with Crippen LogP contribution in [-0.2, 0) is 10.5 Å². The van der Waals surface area contributed by atoms with Crippen LogP contribution in [0.25, 0.3) is 0 Å². The van der Waals surface area contributed by atoms with Crippen LogP contribution in [0.15, 0.2) is 59.1 Å². The number of carbonyl (C=O) groups is 1. The third-order valence-corrected chi connectivity index (χ3v) is 4.60. The number of nitrogens with two attached hydrogens (primary N) is 1. The predicted molar refractivity (Wildman–Crippen MR) is 99.4 cm³/mol. The van der Waals surface area contributed by atoms with E-state index in [-0.39, 0.29) is 5.57 Å². The molecule has 0 spiro atoms. The highest BCUT2D eigenvalue weighted by Crippen LogP contribution is 2.28. The van der Waals surface area contributed by atoms with Crippen LogP contribution >= 0.6 is 23.4 Å². The van der Waals surface area contributed by atoms with Gasteiger partial charge in [-0.3, -0.25) is 4.79 Å². The summed E-state index contributed by atoms with van der Waals surface area (Å²) in [4.78, 5) is 11.6. The summed E-state index contributed by atoms with van der Waals surface area (Å²) in [6, 6.07) is 16.9. The first-order chi connectivity index (χ1) is 11.5. The van der Waals surface area contributed by atoms with Gasteiger partial charge in [0, 0.05) is 16.5 Å². The van der Waals surface area contributed by atoms with Gasteiger partial charge in [-0.05, 0) is 36.2 Å². The molecule has 0 radical (unpaired) electrons. The molecule has 2 aromatic carbocycles. The number of anilines is 1. The van der Waals surface area contributed by atoms with Gasteiger partial charge in [-0.25, -0.2) is 0 Å². The van der Waals surface area contributed by atoms with Crippen molar-refractivity contribution in [2.75, 3.05) is 5.32 Å². The van der Waals surface area contributed by atoms with E-state index in [4.69, 9.17) is 17.3 Å². The van der Waals surface area contributed by atoms with E-state index in [1.807, 2.05) is 49.4 Å². The predicted octanol–water partition coefficient (Wildman–Crippen LogP) is 4.21. The normalized spacial score (nSPS) is 11.4. The van der Waals surface area contributed by atoms with E-state index in [1.54, 1.807) is 12.1 Å². The van der Waals surface area contributed by atoms with E-state index in [1.165, 1.54) is 11.8 Å². The number of aryl methyl sites for hydroxylation is 1. The molecule has 0 aliphatic rings. The van der Waals surface area contributed by atoms with Gasteiger partial charge in [0.1, 0.15) is 11.6 Å². The van der Waals surface area contributed by atoms with Crippen LogP contribution in [-0.4, -0.2) is 5.91 Å². The van der Waals surface area contributed by atoms with E-state index in [2.05, 4.69) is 5.32 Å². The summed E-state index contributed by atoms with van der Waals surface area (Å²) in [5.74, 6) is -0.179. The van der Waals surface area contributed by atoms with Gasteiger partial charge in [0.15, 0.2) is 0 Å². The van der Waals surface area contributed by atoms with Crippen molar-refractivity contribution in [1.82, 2.24) is 0 Å². The fourth-order valence-corrected chi connectivity index (χ4v) is 3.06. The lowest BCUT2D eigenvalue weighted by Crippen LogP contribution is -2.17. The van der Waals surface area contributed by atoms with Crippen LogP contribution in [0.1, 0.15) is 11.1 Å². The number of halogens is 1. The molecule has 0 aliphatic heterocycles. The molecule has 0 heterocycles. The van der Waals surface area contributed by atoms with Gasteiger partial charge in [0.2, 0.25) is 0 Å². The molecule has 3 N–H and O–H groups in total. The molecule has 0 aliphatic carbocycles. The maximum Gasteiger partial charge on any atom is 0.262 e. The Hall–Kier alpha value is -2.42. The van der Waals surface area contributed by atoms with Crippen molar-refractivity contribution < 1.29 is 4.79 Å². The highest BCUT2D eigenvalue weighted by Gasteiger charge is 2.14. The molecule has 0 saturated heterocycles. The molecule has 0 aromatic heterocycles. The second kappa shape index (κ2) is 8.44. The summed E-state index contributed by atoms with van der Waals surface area (Å²) in [6.07, 6.45) is 0. The third kappa shape index (κ3) is 4.79. The molecule has 122 valence electrons. The Bertz CT molecular complexity index is 810. The number of rotatable bonds is 6. The Balaban J connectivity index is 2.27. The standard InChI is InChI=1S/C18H16ClN3OS/c1-12-4-2-3-5-16(12)22-18(15(10-20)17(21)23)24-11-13-6-8-14(19)9-7-13/h2-9,22H,11H2,1H3,(H2,21,23)/b18-15+. The minimum Gasteiger partial charge on any atom is -0.365 e. The van der Waals surface area contributed by atoms with Crippen molar-refractivity contribution in [3.8, 4) is 6.07 Å². The minimum atomic E-state index is -0.753. The molecule has 0 saturated carbocycles. The zero-order valence-corrected chi connectivity index (χ0v) is 14.6. The summed E-state index contributed by atoms with van der Waals surface area (Å²) in [5, 5.41) is 13.5. The Kier molecular flexibility index (Phi) is 6.30. The quantitative estimate of drug-likeness (QED) is 0.599. The fourth-order valence-electron chi connectivity index (χ4n) is 1.96. The summed E-state index contributed by atoms with van der Waals surface area (Å²) >= 11 is 7.23. The van der Waals surface area contributed by atoms with Crippen molar-refractivity contribution in [1.29, 1.82) is 5.26 Å². The van der Waals surface area contributed by atoms with E-state index >= 15 is 0 Å². The summed E-state index contributed by atoms with van der Waals surface area (Å²) in [6.45, 7) is 1.94. The number of carbonyl (C=O) groups excluding carboxylic acids is 1. The topological polar surface area (TPSA) is 78.9 Å². The first kappa shape index (κ1) is 17.9. The molecule has 6 heteroatoms. The zero-order valence-electron chi connectivity index (χ0n) is 13.0. The van der Waals surface area contributed by atoms with E-state index in [9.17, 15) is 10.1 Å². The third-order valence-electron chi connectivity index (χ3n) is 3.27. The number of nitrogens with zero attached hydrogens (tertiary/aromatic N) is 1. The number of hydrogen-bond acceptors (Lipinski definition) is 4. The molecule has 2 aromatic rings. The van der Waals surface area contributed by atoms with Crippen LogP contribution in [0.5, 0.6) is 0 Å². The summed E-state index contributed by atoms with van der Waals surface area (Å²) in [7, 11) is 0. The van der Waals surface area contributed by atoms with Crippen molar-refractivity contribution in [2.45, 2.75) is 12.7 Å². The lowest BCUT2D eigenvalue weighted by atomic mass is 10.2. The lowest BCUT2D eigenvalue weighted by Gasteiger charge is -2.14. The highest BCUT2D eigenvalue weighted by atomic mass is 35.5. The highest BCUT2D eigenvalue weighted by molar-refractivity contribution is 8.02. The number of primary amides is 1. The van der Waals surface area contributed by atoms with E-state index in [0.29, 0.717) is 15.8 Å². The number of nitriles is 1. The van der Waals surface area contributed by atoms with Gasteiger partial charge in [0.05, 0.1) is 5.03 Å². The van der Waals surface area contributed by atoms with E-state index in [0.717, 1.165) is 16.8 Å². The number of nitrogens with one attached hydrogen (secondary N) is 1. The van der Waals surface area contributed by atoms with Crippen LogP contribution < -0.4 is 11.1 Å². The zero-order chi connectivity index (χ0) is 17.5. The molecule has 1 amide bonds. The number of benzene rings is 2. The van der Waals surface area contributed by atoms with Crippen LogP contribution in [0.3, 0.4) is 0 Å². The molecular weight excluding hydrogens is 342 g/mol. The Morgan fingerprint density at radius 3 is 2.50 bits per heavy atom. The Labute approximate surface area is 150 Å². The number of amides is 1. The molecule has 0 bridgehead atoms. The second-order valence-electron chi connectivity index (χ2n) is 5.04. The van der Waals surface area contributed by atoms with Crippen molar-refractivity contribution >= 4 is 35.0 Å². The maximum absolute atomic E-state index is 11.6. The molecule has 0 unspecified atom stereocenters. The van der Waals surface area contributed by atoms with Crippen molar-refractivity contribution in [3.63, 3.8) is 0 Å². The van der Waals surface area contributed by atoms with Gasteiger partial charge in [0.25, 0.3) is 5.91 Å². The first-order valence-corrected chi connectivity index (χ1v) is 8.51. The van der Waals surface area contributed by atoms with Gasteiger partial charge >= 0.3 is 0 Å². The van der Waals surface area contributed by atoms with Crippen LogP contribution in [0.4, 0.5) is 5.69 Å². The Morgan fingerprint density at radius 1 is 1.25 bits per heavy atom. The van der Waals surface area contributed by atoms with Gasteiger partial charge in [-0.2, -0.15) is 5.26 Å². The van der Waals surface area contributed by atoms with Crippen LogP contribution in [0, 0.1) is 18.3 Å². The largest absolute Gasteiger partial charge is 0.365 e. The second-order valence-corrected chi connectivity index (χ2v) is 6.46. The molecule has 0 atom stereocenters. The monoisotopic (exact) mass is 357 g/mol. The smallest absolute Gasteiger partial charge is 0.262 e. The van der Waals surface area contributed by atoms with Gasteiger partial charge < -0.3 is 11.1 Å². The fraction of sp³-hybridized carbons (Fsp3) is 0.111. The minimum absolute atomic E-state index is 0.0859.